The number of unbranched alkanes of at least 4 members (excludes halogenated alkanes) is 24. The smallest absolute Gasteiger partial charge is 0.472 e. The number of amides is 3. The van der Waals surface area contributed by atoms with E-state index in [1.807, 2.05) is 50.2 Å². The number of rotatable bonds is 50. The van der Waals surface area contributed by atoms with E-state index in [1.54, 1.807) is 12.1 Å². The minimum Gasteiger partial charge on any atom is -0.494 e. The fraction of sp³-hybridized carbons (Fsp3) is 0.729. The number of benzene rings is 2. The van der Waals surface area contributed by atoms with Crippen LogP contribution in [0.25, 0.3) is 0 Å². The zero-order valence-electron chi connectivity index (χ0n) is 55.8. The molecule has 0 saturated heterocycles. The van der Waals surface area contributed by atoms with Gasteiger partial charge in [-0.05, 0) is 79.7 Å². The van der Waals surface area contributed by atoms with E-state index >= 15 is 0 Å². The van der Waals surface area contributed by atoms with Crippen LogP contribution in [0, 0.1) is 17.8 Å². The molecule has 6 N–H and O–H groups in total. The maximum absolute atomic E-state index is 14.0. The third kappa shape index (κ3) is 39.7. The molecule has 4 rings (SSSR count). The molecule has 3 amide bonds. The number of fused-ring (bicyclic) bond motifs is 11. The van der Waals surface area contributed by atoms with E-state index in [0.717, 1.165) is 55.2 Å². The Morgan fingerprint density at radius 2 is 1.19 bits per heavy atom. The van der Waals surface area contributed by atoms with Crippen LogP contribution < -0.4 is 26.6 Å². The number of ether oxygens (including phenoxy) is 4. The lowest BCUT2D eigenvalue weighted by atomic mass is 9.81. The van der Waals surface area contributed by atoms with Gasteiger partial charge in [-0.2, -0.15) is 5.90 Å². The molecular weight excluding hydrogens is 1180 g/mol. The molecule has 0 fully saturated rings. The topological polar surface area (TPSA) is 284 Å². The first-order chi connectivity index (χ1) is 44.0. The molecule has 0 radical (unpaired) electrons. The molecule has 2 heterocycles. The van der Waals surface area contributed by atoms with Crippen molar-refractivity contribution in [2.75, 3.05) is 39.6 Å². The summed E-state index contributed by atoms with van der Waals surface area (Å²) in [5, 5.41) is 8.15. The predicted molar refractivity (Wildman–Crippen MR) is 352 cm³/mol. The molecule has 516 valence electrons. The molecule has 21 heteroatoms. The molecule has 1 unspecified atom stereocenters. The average Bonchev–Trinajstić information content (AvgIpc) is 1.90. The van der Waals surface area contributed by atoms with Gasteiger partial charge in [-0.3, -0.25) is 37.8 Å². The number of aryl methyl sites for hydroxylation is 1. The molecule has 0 aromatic heterocycles. The lowest BCUT2D eigenvalue weighted by Crippen LogP contribution is -2.48. The Balaban J connectivity index is 1.38. The Morgan fingerprint density at radius 3 is 1.74 bits per heavy atom. The van der Waals surface area contributed by atoms with E-state index in [2.05, 4.69) is 34.6 Å². The highest BCUT2D eigenvalue weighted by Crippen LogP contribution is 2.43. The van der Waals surface area contributed by atoms with Crippen LogP contribution in [-0.2, 0) is 80.8 Å². The summed E-state index contributed by atoms with van der Waals surface area (Å²) < 4.78 is 45.2. The molecule has 2 aliphatic rings. The molecule has 2 bridgehead atoms. The average molecular weight is 1300 g/mol. The van der Waals surface area contributed by atoms with E-state index in [4.69, 9.17) is 33.9 Å². The highest BCUT2D eigenvalue weighted by molar-refractivity contribution is 7.47. The van der Waals surface area contributed by atoms with E-state index < -0.39 is 80.8 Å². The molecule has 2 aromatic carbocycles. The number of phosphoric ester groups is 1. The number of nitrogens with one attached hydrogen (secondary N) is 3. The van der Waals surface area contributed by atoms with Crippen LogP contribution in [-0.4, -0.2) is 98.2 Å². The Bertz CT molecular complexity index is 2380. The quantitative estimate of drug-likeness (QED) is 0.0135. The first kappa shape index (κ1) is 79.8. The van der Waals surface area contributed by atoms with Crippen LogP contribution in [0.1, 0.15) is 256 Å². The highest BCUT2D eigenvalue weighted by atomic mass is 31.2. The van der Waals surface area contributed by atoms with Crippen molar-refractivity contribution < 1.29 is 75.9 Å². The molecule has 0 spiro atoms. The molecule has 5 atom stereocenters. The zero-order chi connectivity index (χ0) is 66.2. The first-order valence-electron chi connectivity index (χ1n) is 34.7. The predicted octanol–water partition coefficient (Wildman–Crippen LogP) is 14.1. The number of phosphoric acid groups is 1. The summed E-state index contributed by atoms with van der Waals surface area (Å²) in [6, 6.07) is 13.8. The number of carbonyl (C=O) groups excluding carboxylic acids is 7. The molecule has 91 heavy (non-hydrogen) atoms. The second-order valence-electron chi connectivity index (χ2n) is 24.9. The van der Waals surface area contributed by atoms with Gasteiger partial charge in [-0.25, -0.2) is 9.36 Å². The zero-order valence-corrected chi connectivity index (χ0v) is 56.7. The molecule has 2 aromatic rings. The third-order valence-corrected chi connectivity index (χ3v) is 17.4. The largest absolute Gasteiger partial charge is 0.494 e. The van der Waals surface area contributed by atoms with Crippen LogP contribution in [0.5, 0.6) is 5.75 Å². The second kappa shape index (κ2) is 50.1. The Labute approximate surface area is 544 Å². The number of carbonyl (C=O) groups is 7. The second-order valence-corrected chi connectivity index (χ2v) is 26.4. The number of Topliss-reactive ketones (excluding diaryl/α,β-unsaturated/α-hetero) is 1. The van der Waals surface area contributed by atoms with Gasteiger partial charge < -0.3 is 44.6 Å². The number of hydrogen-bond donors (Lipinski definition) is 5. The Morgan fingerprint density at radius 1 is 0.648 bits per heavy atom. The van der Waals surface area contributed by atoms with Crippen LogP contribution in [0.15, 0.2) is 48.5 Å². The lowest BCUT2D eigenvalue weighted by molar-refractivity contribution is -0.161. The number of esters is 2. The SMILES string of the molecule is CCCCCCCCCCCCCCCC(=O)OC[C@H](COP(=O)(O)OCCNC(=O)CCOC(=O)NCc1ccc(CCC(=O)[C@@H]2Cc3ccc(cc3)OCCC[C@H](C(=O)ON)[C@@H](CC(C)C)C(=O)N2)cc1)OC(=O)CCCCCCCCCCCCCCC. The minimum atomic E-state index is -4.71. The van der Waals surface area contributed by atoms with Crippen molar-refractivity contribution in [3.63, 3.8) is 0 Å². The van der Waals surface area contributed by atoms with Gasteiger partial charge in [0.25, 0.3) is 0 Å². The van der Waals surface area contributed by atoms with Crippen molar-refractivity contribution in [3.8, 4) is 5.75 Å². The number of nitrogens with two attached hydrogens (primary N) is 1. The van der Waals surface area contributed by atoms with Crippen molar-refractivity contribution in [2.24, 2.45) is 23.7 Å². The highest BCUT2D eigenvalue weighted by Gasteiger charge is 2.37. The van der Waals surface area contributed by atoms with E-state index in [1.165, 1.54) is 116 Å². The van der Waals surface area contributed by atoms with Crippen LogP contribution in [0.4, 0.5) is 4.79 Å². The molecular formula is C70H115N4O16P. The number of ketones is 1. The van der Waals surface area contributed by atoms with Gasteiger partial charge in [0.1, 0.15) is 19.0 Å². The van der Waals surface area contributed by atoms with Crippen molar-refractivity contribution >= 4 is 49.4 Å². The van der Waals surface area contributed by atoms with Gasteiger partial charge in [0, 0.05) is 32.4 Å². The minimum absolute atomic E-state index is 0.0668. The van der Waals surface area contributed by atoms with E-state index in [-0.39, 0.29) is 70.1 Å². The fourth-order valence-corrected chi connectivity index (χ4v) is 11.8. The summed E-state index contributed by atoms with van der Waals surface area (Å²) in [5.41, 5.74) is 2.43. The molecule has 0 aliphatic carbocycles. The van der Waals surface area contributed by atoms with Crippen LogP contribution in [0.3, 0.4) is 0 Å². The van der Waals surface area contributed by atoms with Crippen LogP contribution >= 0.6 is 7.82 Å². The third-order valence-electron chi connectivity index (χ3n) is 16.4. The van der Waals surface area contributed by atoms with E-state index in [0.29, 0.717) is 50.9 Å². The van der Waals surface area contributed by atoms with Gasteiger partial charge in [-0.15, -0.1) is 0 Å². The number of hydrogen-bond acceptors (Lipinski definition) is 16. The summed E-state index contributed by atoms with van der Waals surface area (Å²) in [7, 11) is -4.71. The van der Waals surface area contributed by atoms with Crippen molar-refractivity contribution in [1.29, 1.82) is 0 Å². The maximum Gasteiger partial charge on any atom is 0.472 e. The maximum atomic E-state index is 14.0. The van der Waals surface area contributed by atoms with Crippen LogP contribution in [0.2, 0.25) is 0 Å². The van der Waals surface area contributed by atoms with Gasteiger partial charge in [0.15, 0.2) is 11.9 Å². The summed E-state index contributed by atoms with van der Waals surface area (Å²) in [5.74, 6) is 1.70. The Hall–Kier alpha value is -5.40. The van der Waals surface area contributed by atoms with Gasteiger partial charge in [0.2, 0.25) is 11.8 Å². The van der Waals surface area contributed by atoms with Crippen molar-refractivity contribution in [2.45, 2.75) is 271 Å². The number of alkyl carbamates (subject to hydrolysis) is 1. The molecule has 2 aliphatic heterocycles. The molecule has 20 nitrogen and oxygen atoms in total. The summed E-state index contributed by atoms with van der Waals surface area (Å²) in [6.45, 7) is 7.08. The lowest BCUT2D eigenvalue weighted by Gasteiger charge is -2.28. The van der Waals surface area contributed by atoms with E-state index in [9.17, 15) is 43.0 Å². The first-order valence-corrected chi connectivity index (χ1v) is 36.2. The normalized spacial score (nSPS) is 16.2. The standard InChI is InChI=1S/C70H115N4O16P/c1-5-7-9-11-13-15-17-19-21-23-25-27-29-33-66(77)86-53-60(89-67(78)34-30-28-26-24-22-20-18-16-14-12-10-8-6-2)54-88-91(82,83)87-49-46-72-65(76)45-48-85-70(81)73-52-58-37-35-56(36-38-58)41-44-64(75)63-51-57-39-42-59(43-40-57)84-47-31-32-61(69(80)90-71)62(50-55(3)4)68(79)74-63/h35-40,42-43,55,60-63H,5-34,41,44-54,71H2,1-4H3,(H,72,76)(H,73,81)(H,74,79)(H,82,83)/t60-,61+,62-,63+/m1/s1. The van der Waals surface area contributed by atoms with Gasteiger partial charge in [0.05, 0.1) is 44.1 Å². The summed E-state index contributed by atoms with van der Waals surface area (Å²) >= 11 is 0. The summed E-state index contributed by atoms with van der Waals surface area (Å²) in [6.07, 6.45) is 30.6. The Kier molecular flexibility index (Phi) is 44.0. The fourth-order valence-electron chi connectivity index (χ4n) is 11.1. The van der Waals surface area contributed by atoms with Crippen molar-refractivity contribution in [3.05, 3.63) is 65.2 Å². The monoisotopic (exact) mass is 1300 g/mol. The summed E-state index contributed by atoms with van der Waals surface area (Å²) in [4.78, 5) is 107. The van der Waals surface area contributed by atoms with Gasteiger partial charge in [-0.1, -0.05) is 218 Å². The van der Waals surface area contributed by atoms with Crippen molar-refractivity contribution in [1.82, 2.24) is 16.0 Å². The van der Waals surface area contributed by atoms with Gasteiger partial charge >= 0.3 is 31.8 Å². The molecule has 0 saturated carbocycles.